The highest BCUT2D eigenvalue weighted by Gasteiger charge is 2.40. The lowest BCUT2D eigenvalue weighted by atomic mass is 10.0. The number of aromatic nitrogens is 4. The fourth-order valence-corrected chi connectivity index (χ4v) is 3.95. The average molecular weight is 503 g/mol. The molecule has 3 aromatic heterocycles. The van der Waals surface area contributed by atoms with Crippen LogP contribution in [0.25, 0.3) is 22.1 Å². The van der Waals surface area contributed by atoms with Gasteiger partial charge in [0.25, 0.3) is 0 Å². The minimum atomic E-state index is -3.61. The van der Waals surface area contributed by atoms with Gasteiger partial charge in [0, 0.05) is 47.7 Å². The van der Waals surface area contributed by atoms with E-state index >= 15 is 8.78 Å². The summed E-state index contributed by atoms with van der Waals surface area (Å²) in [6.45, 7) is 0.309. The topological polar surface area (TPSA) is 88.2 Å². The van der Waals surface area contributed by atoms with Crippen LogP contribution in [0.3, 0.4) is 0 Å². The molecule has 2 aromatic carbocycles. The molecular weight excluding hydrogens is 481 g/mol. The van der Waals surface area contributed by atoms with Crippen LogP contribution in [0.1, 0.15) is 22.5 Å². The second-order valence-corrected chi connectivity index (χ2v) is 8.25. The SMILES string of the molecule is CN/C=C(\C=N)c1cc(F)c2nnc(C(F)(F)c3ccc4ncc(OCc5ccccc5)cc4c3)n2c1. The monoisotopic (exact) mass is 502 g/mol. The molecule has 3 heterocycles. The van der Waals surface area contributed by atoms with Crippen molar-refractivity contribution in [3.05, 3.63) is 108 Å². The lowest BCUT2D eigenvalue weighted by Gasteiger charge is -2.16. The van der Waals surface area contributed by atoms with Gasteiger partial charge in [-0.25, -0.2) is 4.39 Å². The number of nitrogens with one attached hydrogen (secondary N) is 2. The maximum Gasteiger partial charge on any atom is 0.332 e. The fourth-order valence-electron chi connectivity index (χ4n) is 3.95. The molecule has 37 heavy (non-hydrogen) atoms. The van der Waals surface area contributed by atoms with E-state index in [1.165, 1.54) is 30.6 Å². The first-order chi connectivity index (χ1) is 17.9. The van der Waals surface area contributed by atoms with Gasteiger partial charge in [-0.2, -0.15) is 8.78 Å². The van der Waals surface area contributed by atoms with Gasteiger partial charge in [0.15, 0.2) is 11.5 Å². The van der Waals surface area contributed by atoms with Crippen molar-refractivity contribution in [2.45, 2.75) is 12.5 Å². The van der Waals surface area contributed by atoms with Gasteiger partial charge >= 0.3 is 5.92 Å². The normalized spacial score (nSPS) is 12.2. The van der Waals surface area contributed by atoms with E-state index in [2.05, 4.69) is 20.5 Å². The van der Waals surface area contributed by atoms with Crippen LogP contribution in [-0.4, -0.2) is 32.8 Å². The van der Waals surface area contributed by atoms with Gasteiger partial charge in [-0.15, -0.1) is 10.2 Å². The number of fused-ring (bicyclic) bond motifs is 2. The molecule has 186 valence electrons. The summed E-state index contributed by atoms with van der Waals surface area (Å²) in [4.78, 5) is 4.31. The van der Waals surface area contributed by atoms with E-state index in [-0.39, 0.29) is 16.8 Å². The zero-order valence-electron chi connectivity index (χ0n) is 19.6. The first kappa shape index (κ1) is 24.0. The van der Waals surface area contributed by atoms with E-state index in [1.807, 2.05) is 30.3 Å². The fraction of sp³-hybridized carbons (Fsp3) is 0.111. The summed E-state index contributed by atoms with van der Waals surface area (Å²) in [6, 6.07) is 16.4. The molecule has 0 unspecified atom stereocenters. The van der Waals surface area contributed by atoms with Gasteiger partial charge in [-0.05, 0) is 29.8 Å². The van der Waals surface area contributed by atoms with Gasteiger partial charge in [0.2, 0.25) is 5.82 Å². The first-order valence-electron chi connectivity index (χ1n) is 11.3. The highest BCUT2D eigenvalue weighted by atomic mass is 19.3. The van der Waals surface area contributed by atoms with E-state index in [0.29, 0.717) is 28.8 Å². The number of alkyl halides is 2. The van der Waals surface area contributed by atoms with Crippen molar-refractivity contribution in [3.8, 4) is 5.75 Å². The van der Waals surface area contributed by atoms with E-state index in [9.17, 15) is 4.39 Å². The highest BCUT2D eigenvalue weighted by molar-refractivity contribution is 6.08. The third kappa shape index (κ3) is 4.61. The maximum atomic E-state index is 15.8. The van der Waals surface area contributed by atoms with E-state index < -0.39 is 17.6 Å². The lowest BCUT2D eigenvalue weighted by Crippen LogP contribution is -2.19. The number of allylic oxidation sites excluding steroid dienone is 1. The second kappa shape index (κ2) is 9.73. The Labute approximate surface area is 209 Å². The molecule has 0 atom stereocenters. The van der Waals surface area contributed by atoms with E-state index in [0.717, 1.165) is 22.2 Å². The molecule has 2 N–H and O–H groups in total. The predicted molar refractivity (Wildman–Crippen MR) is 134 cm³/mol. The zero-order valence-corrected chi connectivity index (χ0v) is 19.6. The average Bonchev–Trinajstić information content (AvgIpc) is 3.36. The van der Waals surface area contributed by atoms with E-state index in [4.69, 9.17) is 10.1 Å². The molecule has 0 fully saturated rings. The van der Waals surface area contributed by atoms with Crippen molar-refractivity contribution in [1.29, 1.82) is 5.41 Å². The molecule has 5 rings (SSSR count). The van der Waals surface area contributed by atoms with Crippen LogP contribution in [0.5, 0.6) is 5.75 Å². The van der Waals surface area contributed by atoms with Crippen molar-refractivity contribution in [2.24, 2.45) is 0 Å². The Kier molecular flexibility index (Phi) is 6.31. The number of halogens is 3. The predicted octanol–water partition coefficient (Wildman–Crippen LogP) is 5.35. The molecule has 0 aliphatic carbocycles. The van der Waals surface area contributed by atoms with Crippen LogP contribution in [0.4, 0.5) is 13.2 Å². The van der Waals surface area contributed by atoms with Crippen molar-refractivity contribution in [2.75, 3.05) is 7.05 Å². The van der Waals surface area contributed by atoms with Crippen molar-refractivity contribution >= 4 is 28.3 Å². The lowest BCUT2D eigenvalue weighted by molar-refractivity contribution is 0.0318. The maximum absolute atomic E-state index is 15.8. The second-order valence-electron chi connectivity index (χ2n) is 8.25. The molecule has 0 radical (unpaired) electrons. The van der Waals surface area contributed by atoms with Crippen LogP contribution in [0, 0.1) is 11.2 Å². The number of nitrogens with zero attached hydrogens (tertiary/aromatic N) is 4. The Balaban J connectivity index is 1.52. The minimum Gasteiger partial charge on any atom is -0.487 e. The molecule has 10 heteroatoms. The smallest absolute Gasteiger partial charge is 0.332 e. The van der Waals surface area contributed by atoms with Crippen LogP contribution in [0.2, 0.25) is 0 Å². The summed E-state index contributed by atoms with van der Waals surface area (Å²) >= 11 is 0. The van der Waals surface area contributed by atoms with E-state index in [1.54, 1.807) is 19.3 Å². The number of rotatable bonds is 8. The van der Waals surface area contributed by atoms with Crippen LogP contribution in [-0.2, 0) is 12.5 Å². The zero-order chi connectivity index (χ0) is 26.0. The van der Waals surface area contributed by atoms with Crippen LogP contribution in [0.15, 0.2) is 79.3 Å². The summed E-state index contributed by atoms with van der Waals surface area (Å²) in [5, 5.41) is 18.0. The summed E-state index contributed by atoms with van der Waals surface area (Å²) < 4.78 is 53.0. The first-order valence-corrected chi connectivity index (χ1v) is 11.3. The van der Waals surface area contributed by atoms with Gasteiger partial charge < -0.3 is 15.5 Å². The van der Waals surface area contributed by atoms with Crippen LogP contribution < -0.4 is 10.1 Å². The third-order valence-electron chi connectivity index (χ3n) is 5.80. The number of benzene rings is 2. The Bertz CT molecular complexity index is 1630. The Morgan fingerprint density at radius 3 is 2.68 bits per heavy atom. The number of hydrogen-bond acceptors (Lipinski definition) is 6. The number of hydrogen-bond donors (Lipinski definition) is 2. The summed E-state index contributed by atoms with van der Waals surface area (Å²) in [5.41, 5.74) is 1.29. The molecule has 5 aromatic rings. The number of ether oxygens (including phenoxy) is 1. The minimum absolute atomic E-state index is 0.217. The molecule has 0 saturated heterocycles. The Morgan fingerprint density at radius 2 is 1.92 bits per heavy atom. The number of pyridine rings is 2. The molecular formula is C27H21F3N6O. The Morgan fingerprint density at radius 1 is 1.11 bits per heavy atom. The van der Waals surface area contributed by atoms with Crippen LogP contribution >= 0.6 is 0 Å². The molecule has 0 saturated carbocycles. The summed E-state index contributed by atoms with van der Waals surface area (Å²) in [5.74, 6) is -4.76. The molecule has 0 aliphatic rings. The third-order valence-corrected chi connectivity index (χ3v) is 5.80. The molecule has 0 spiro atoms. The van der Waals surface area contributed by atoms with Crippen molar-refractivity contribution < 1.29 is 17.9 Å². The summed E-state index contributed by atoms with van der Waals surface area (Å²) in [6.07, 6.45) is 5.28. The van der Waals surface area contributed by atoms with Gasteiger partial charge in [-0.1, -0.05) is 36.4 Å². The highest BCUT2D eigenvalue weighted by Crippen LogP contribution is 2.37. The quantitative estimate of drug-likeness (QED) is 0.280. The van der Waals surface area contributed by atoms with Gasteiger partial charge in [-0.3, -0.25) is 9.38 Å². The van der Waals surface area contributed by atoms with Gasteiger partial charge in [0.05, 0.1) is 11.7 Å². The molecule has 0 bridgehead atoms. The largest absolute Gasteiger partial charge is 0.487 e. The molecule has 0 amide bonds. The van der Waals surface area contributed by atoms with Crippen molar-refractivity contribution in [3.63, 3.8) is 0 Å². The van der Waals surface area contributed by atoms with Gasteiger partial charge in [0.1, 0.15) is 12.4 Å². The summed E-state index contributed by atoms with van der Waals surface area (Å²) in [7, 11) is 1.61. The van der Waals surface area contributed by atoms with Crippen molar-refractivity contribution in [1.82, 2.24) is 24.9 Å². The Hall–Kier alpha value is -4.73. The molecule has 7 nitrogen and oxygen atoms in total. The molecule has 0 aliphatic heterocycles. The standard InChI is InChI=1S/C27H21F3N6O/c1-32-13-20(12-31)19-11-23(28)25-34-35-26(36(25)15-19)27(29,30)21-7-8-24-18(9-21)10-22(14-33-24)37-16-17-5-3-2-4-6-17/h2-15,31-32H,16H2,1H3/b20-13+,31-12?.